The van der Waals surface area contributed by atoms with Crippen LogP contribution in [-0.2, 0) is 4.79 Å². The van der Waals surface area contributed by atoms with Crippen LogP contribution in [0.25, 0.3) is 6.08 Å². The highest BCUT2D eigenvalue weighted by atomic mass is 127. The quantitative estimate of drug-likeness (QED) is 0.385. The van der Waals surface area contributed by atoms with Crippen molar-refractivity contribution < 1.29 is 14.7 Å². The number of hydrogen-bond donors (Lipinski definition) is 2. The number of amides is 3. The lowest BCUT2D eigenvalue weighted by molar-refractivity contribution is -0.113. The van der Waals surface area contributed by atoms with E-state index in [0.29, 0.717) is 24.9 Å². The van der Waals surface area contributed by atoms with Crippen LogP contribution in [0, 0.1) is 3.57 Å². The molecule has 122 valence electrons. The number of hydrogen-bond acceptors (Lipinski definition) is 3. The molecule has 24 heavy (non-hydrogen) atoms. The van der Waals surface area contributed by atoms with Crippen LogP contribution >= 0.6 is 45.8 Å². The van der Waals surface area contributed by atoms with Crippen LogP contribution in [-0.4, -0.2) is 17.0 Å². The number of benzene rings is 2. The van der Waals surface area contributed by atoms with Gasteiger partial charge < -0.3 is 10.4 Å². The van der Waals surface area contributed by atoms with Crippen LogP contribution in [0.15, 0.2) is 42.1 Å². The minimum atomic E-state index is -0.593. The lowest BCUT2D eigenvalue weighted by atomic mass is 10.1. The third kappa shape index (κ3) is 3.22. The van der Waals surface area contributed by atoms with Gasteiger partial charge in [-0.25, -0.2) is 9.69 Å². The predicted octanol–water partition coefficient (Wildman–Crippen LogP) is 4.40. The number of aromatic hydroxyl groups is 1. The number of carbonyl (C=O) groups is 2. The molecule has 0 unspecified atom stereocenters. The number of rotatable bonds is 2. The van der Waals surface area contributed by atoms with Crippen LogP contribution in [0.2, 0.25) is 10.0 Å². The van der Waals surface area contributed by atoms with E-state index in [9.17, 15) is 14.7 Å². The van der Waals surface area contributed by atoms with Crippen molar-refractivity contribution in [1.29, 1.82) is 0 Å². The fraction of sp³-hybridized carbons (Fsp3) is 0. The first-order valence-electron chi connectivity index (χ1n) is 6.67. The third-order valence-electron chi connectivity index (χ3n) is 3.30. The Balaban J connectivity index is 2.00. The van der Waals surface area contributed by atoms with Crippen molar-refractivity contribution in [2.24, 2.45) is 0 Å². The summed E-state index contributed by atoms with van der Waals surface area (Å²) >= 11 is 13.8. The minimum Gasteiger partial charge on any atom is -0.506 e. The van der Waals surface area contributed by atoms with E-state index >= 15 is 0 Å². The average Bonchev–Trinajstić information content (AvgIpc) is 2.78. The number of halogens is 3. The lowest BCUT2D eigenvalue weighted by Crippen LogP contribution is -2.30. The van der Waals surface area contributed by atoms with E-state index in [4.69, 9.17) is 23.2 Å². The summed E-state index contributed by atoms with van der Waals surface area (Å²) in [6.45, 7) is 0. The van der Waals surface area contributed by atoms with Crippen molar-refractivity contribution in [3.8, 4) is 5.75 Å². The number of phenols is 1. The molecule has 2 N–H and O–H groups in total. The minimum absolute atomic E-state index is 0.0178. The lowest BCUT2D eigenvalue weighted by Gasteiger charge is -2.11. The largest absolute Gasteiger partial charge is 0.506 e. The van der Waals surface area contributed by atoms with Crippen molar-refractivity contribution in [2.75, 3.05) is 4.90 Å². The van der Waals surface area contributed by atoms with Gasteiger partial charge in [-0.05, 0) is 59.0 Å². The first-order valence-corrected chi connectivity index (χ1v) is 8.51. The van der Waals surface area contributed by atoms with Crippen LogP contribution in [0.5, 0.6) is 5.75 Å². The molecule has 0 radical (unpaired) electrons. The summed E-state index contributed by atoms with van der Waals surface area (Å²) in [7, 11) is 0. The molecule has 0 aromatic heterocycles. The van der Waals surface area contributed by atoms with E-state index in [2.05, 4.69) is 5.32 Å². The Labute approximate surface area is 161 Å². The second-order valence-electron chi connectivity index (χ2n) is 4.93. The van der Waals surface area contributed by atoms with E-state index in [0.717, 1.165) is 4.90 Å². The van der Waals surface area contributed by atoms with Crippen LogP contribution in [0.1, 0.15) is 5.56 Å². The van der Waals surface area contributed by atoms with E-state index in [1.807, 2.05) is 22.6 Å². The second-order valence-corrected chi connectivity index (χ2v) is 6.97. The van der Waals surface area contributed by atoms with Gasteiger partial charge in [0.2, 0.25) is 0 Å². The number of nitrogens with one attached hydrogen (secondary N) is 1. The zero-order chi connectivity index (χ0) is 17.4. The molecule has 1 heterocycles. The maximum Gasteiger partial charge on any atom is 0.333 e. The van der Waals surface area contributed by atoms with Gasteiger partial charge in [-0.1, -0.05) is 29.3 Å². The summed E-state index contributed by atoms with van der Waals surface area (Å²) < 4.78 is 0.537. The molecule has 3 amide bonds. The molecule has 1 fully saturated rings. The van der Waals surface area contributed by atoms with E-state index in [1.54, 1.807) is 24.3 Å². The predicted molar refractivity (Wildman–Crippen MR) is 101 cm³/mol. The molecule has 1 saturated heterocycles. The van der Waals surface area contributed by atoms with Crippen LogP contribution < -0.4 is 10.2 Å². The summed E-state index contributed by atoms with van der Waals surface area (Å²) in [5.41, 5.74) is 0.732. The van der Waals surface area contributed by atoms with Gasteiger partial charge in [0.25, 0.3) is 5.91 Å². The Hall–Kier alpha value is -1.77. The number of phenolic OH excluding ortho intramolecular Hbond substituents is 1. The van der Waals surface area contributed by atoms with Crippen molar-refractivity contribution >= 4 is 69.5 Å². The van der Waals surface area contributed by atoms with Gasteiger partial charge >= 0.3 is 6.03 Å². The van der Waals surface area contributed by atoms with Crippen LogP contribution in [0.4, 0.5) is 10.5 Å². The molecular weight excluding hydrogens is 466 g/mol. The van der Waals surface area contributed by atoms with Crippen molar-refractivity contribution in [1.82, 2.24) is 5.32 Å². The highest BCUT2D eigenvalue weighted by molar-refractivity contribution is 14.1. The van der Waals surface area contributed by atoms with E-state index in [-0.39, 0.29) is 11.4 Å². The van der Waals surface area contributed by atoms with Gasteiger partial charge in [-0.2, -0.15) is 0 Å². The van der Waals surface area contributed by atoms with Crippen molar-refractivity contribution in [3.63, 3.8) is 0 Å². The Morgan fingerprint density at radius 2 is 1.88 bits per heavy atom. The number of anilines is 1. The summed E-state index contributed by atoms with van der Waals surface area (Å²) in [4.78, 5) is 25.6. The average molecular weight is 475 g/mol. The van der Waals surface area contributed by atoms with Gasteiger partial charge in [-0.3, -0.25) is 4.79 Å². The SMILES string of the molecule is O=C1N/C(=C/c2cc(Cl)cc(I)c2O)C(=O)N1c1cccc(Cl)c1. The first-order chi connectivity index (χ1) is 11.4. The highest BCUT2D eigenvalue weighted by Gasteiger charge is 2.35. The fourth-order valence-electron chi connectivity index (χ4n) is 2.24. The Bertz CT molecular complexity index is 899. The molecule has 1 aliphatic heterocycles. The zero-order valence-corrected chi connectivity index (χ0v) is 15.6. The summed E-state index contributed by atoms with van der Waals surface area (Å²) in [6.07, 6.45) is 1.38. The zero-order valence-electron chi connectivity index (χ0n) is 11.9. The third-order valence-corrected chi connectivity index (χ3v) is 4.58. The summed E-state index contributed by atoms with van der Waals surface area (Å²) in [5.74, 6) is -0.563. The maximum atomic E-state index is 12.5. The molecule has 1 aliphatic rings. The molecule has 0 bridgehead atoms. The highest BCUT2D eigenvalue weighted by Crippen LogP contribution is 2.31. The maximum absolute atomic E-state index is 12.5. The molecule has 8 heteroatoms. The monoisotopic (exact) mass is 474 g/mol. The number of imide groups is 1. The number of carbonyl (C=O) groups excluding carboxylic acids is 2. The first kappa shape index (κ1) is 17.1. The molecule has 0 aliphatic carbocycles. The fourth-order valence-corrected chi connectivity index (χ4v) is 3.48. The summed E-state index contributed by atoms with van der Waals surface area (Å²) in [5, 5.41) is 13.4. The van der Waals surface area contributed by atoms with E-state index < -0.39 is 11.9 Å². The van der Waals surface area contributed by atoms with Crippen LogP contribution in [0.3, 0.4) is 0 Å². The van der Waals surface area contributed by atoms with Gasteiger partial charge in [0.1, 0.15) is 11.4 Å². The topological polar surface area (TPSA) is 69.6 Å². The smallest absolute Gasteiger partial charge is 0.333 e. The van der Waals surface area contributed by atoms with Crippen molar-refractivity contribution in [2.45, 2.75) is 0 Å². The van der Waals surface area contributed by atoms with E-state index in [1.165, 1.54) is 18.2 Å². The van der Waals surface area contributed by atoms with Gasteiger partial charge in [-0.15, -0.1) is 0 Å². The second kappa shape index (κ2) is 6.62. The van der Waals surface area contributed by atoms with Crippen molar-refractivity contribution in [3.05, 3.63) is 61.3 Å². The number of nitrogens with zero attached hydrogens (tertiary/aromatic N) is 1. The normalized spacial score (nSPS) is 16.0. The summed E-state index contributed by atoms with van der Waals surface area (Å²) in [6, 6.07) is 8.91. The van der Waals surface area contributed by atoms with Gasteiger partial charge in [0.05, 0.1) is 9.26 Å². The molecule has 0 atom stereocenters. The molecule has 0 spiro atoms. The molecule has 3 rings (SSSR count). The Kier molecular flexibility index (Phi) is 4.71. The molecule has 0 saturated carbocycles. The van der Waals surface area contributed by atoms with Gasteiger partial charge in [0, 0.05) is 15.6 Å². The molecule has 2 aromatic rings. The molecule has 5 nitrogen and oxygen atoms in total. The molecule has 2 aromatic carbocycles. The number of urea groups is 1. The Morgan fingerprint density at radius 1 is 1.12 bits per heavy atom. The standard InChI is InChI=1S/C16H9Cl2IN2O3/c17-9-2-1-3-11(6-9)21-15(23)13(20-16(21)24)5-8-4-10(18)7-12(19)14(8)22/h1-7,22H,(H,20,24)/b13-5+. The van der Waals surface area contributed by atoms with Gasteiger partial charge in [0.15, 0.2) is 0 Å². The Morgan fingerprint density at radius 3 is 2.58 bits per heavy atom. The molecular formula is C16H9Cl2IN2O3.